The molecule has 0 bridgehead atoms. The molecular formula is C11H12F2N4. The summed E-state index contributed by atoms with van der Waals surface area (Å²) in [6.45, 7) is 3.10. The fourth-order valence-corrected chi connectivity index (χ4v) is 1.53. The van der Waals surface area contributed by atoms with Gasteiger partial charge in [0, 0.05) is 6.54 Å². The first-order chi connectivity index (χ1) is 8.22. The lowest BCUT2D eigenvalue weighted by Gasteiger charge is -2.08. The summed E-state index contributed by atoms with van der Waals surface area (Å²) in [4.78, 5) is 3.66. The van der Waals surface area contributed by atoms with Crippen molar-refractivity contribution in [3.63, 3.8) is 0 Å². The standard InChI is InChI=1S/C11H12F2N4/c1-2-14-5-8-3-9(12)11(10(13)4-8)17-7-15-6-16-17/h3-4,6-7,14H,2,5H2,1H3. The van der Waals surface area contributed by atoms with E-state index in [9.17, 15) is 8.78 Å². The van der Waals surface area contributed by atoms with Crippen molar-refractivity contribution in [2.24, 2.45) is 0 Å². The first kappa shape index (κ1) is 11.7. The van der Waals surface area contributed by atoms with Crippen molar-refractivity contribution in [3.05, 3.63) is 42.0 Å². The van der Waals surface area contributed by atoms with Crippen LogP contribution in [0.15, 0.2) is 24.8 Å². The molecule has 0 saturated heterocycles. The summed E-state index contributed by atoms with van der Waals surface area (Å²) in [5, 5.41) is 6.72. The first-order valence-electron chi connectivity index (χ1n) is 5.26. The minimum absolute atomic E-state index is 0.206. The van der Waals surface area contributed by atoms with Gasteiger partial charge in [-0.2, -0.15) is 5.10 Å². The van der Waals surface area contributed by atoms with Crippen LogP contribution in [0, 0.1) is 11.6 Å². The second kappa shape index (κ2) is 5.01. The highest BCUT2D eigenvalue weighted by molar-refractivity contribution is 5.37. The fourth-order valence-electron chi connectivity index (χ4n) is 1.53. The van der Waals surface area contributed by atoms with Crippen LogP contribution in [0.3, 0.4) is 0 Å². The van der Waals surface area contributed by atoms with E-state index < -0.39 is 11.6 Å². The van der Waals surface area contributed by atoms with Gasteiger partial charge in [0.25, 0.3) is 0 Å². The smallest absolute Gasteiger partial charge is 0.152 e. The average molecular weight is 238 g/mol. The maximum Gasteiger partial charge on any atom is 0.152 e. The Morgan fingerprint density at radius 2 is 2.00 bits per heavy atom. The van der Waals surface area contributed by atoms with Crippen LogP contribution < -0.4 is 5.32 Å². The zero-order valence-electron chi connectivity index (χ0n) is 9.32. The number of benzene rings is 1. The monoisotopic (exact) mass is 238 g/mol. The highest BCUT2D eigenvalue weighted by Crippen LogP contribution is 2.18. The summed E-state index contributed by atoms with van der Waals surface area (Å²) >= 11 is 0. The maximum atomic E-state index is 13.7. The zero-order valence-corrected chi connectivity index (χ0v) is 9.32. The third-order valence-corrected chi connectivity index (χ3v) is 2.30. The molecule has 0 fully saturated rings. The van der Waals surface area contributed by atoms with Gasteiger partial charge in [-0.25, -0.2) is 18.4 Å². The van der Waals surface area contributed by atoms with Crippen molar-refractivity contribution in [3.8, 4) is 5.69 Å². The molecule has 0 spiro atoms. The summed E-state index contributed by atoms with van der Waals surface area (Å²) in [5.41, 5.74) is 0.355. The van der Waals surface area contributed by atoms with Crippen LogP contribution in [-0.4, -0.2) is 21.3 Å². The van der Waals surface area contributed by atoms with Gasteiger partial charge in [-0.15, -0.1) is 0 Å². The Bertz CT molecular complexity index is 473. The molecule has 0 unspecified atom stereocenters. The molecule has 2 rings (SSSR count). The molecular weight excluding hydrogens is 226 g/mol. The van der Waals surface area contributed by atoms with Crippen LogP contribution in [0.4, 0.5) is 8.78 Å². The van der Waals surface area contributed by atoms with E-state index in [0.717, 1.165) is 11.2 Å². The quantitative estimate of drug-likeness (QED) is 0.880. The van der Waals surface area contributed by atoms with Gasteiger partial charge in [-0.1, -0.05) is 6.92 Å². The van der Waals surface area contributed by atoms with Gasteiger partial charge in [-0.05, 0) is 24.2 Å². The summed E-state index contributed by atoms with van der Waals surface area (Å²) in [7, 11) is 0. The molecule has 0 radical (unpaired) electrons. The molecule has 0 amide bonds. The molecule has 4 nitrogen and oxygen atoms in total. The van der Waals surface area contributed by atoms with Crippen LogP contribution in [0.2, 0.25) is 0 Å². The fraction of sp³-hybridized carbons (Fsp3) is 0.273. The van der Waals surface area contributed by atoms with E-state index in [0.29, 0.717) is 12.1 Å². The number of aromatic nitrogens is 3. The first-order valence-corrected chi connectivity index (χ1v) is 5.26. The summed E-state index contributed by atoms with van der Waals surface area (Å²) in [6, 6.07) is 2.59. The highest BCUT2D eigenvalue weighted by Gasteiger charge is 2.13. The topological polar surface area (TPSA) is 42.7 Å². The molecule has 1 N–H and O–H groups in total. The molecule has 90 valence electrons. The molecule has 2 aromatic rings. The molecule has 0 aliphatic heterocycles. The van der Waals surface area contributed by atoms with Crippen molar-refractivity contribution in [1.29, 1.82) is 0 Å². The molecule has 6 heteroatoms. The van der Waals surface area contributed by atoms with Crippen LogP contribution in [0.5, 0.6) is 0 Å². The molecule has 1 aromatic heterocycles. The number of hydrogen-bond acceptors (Lipinski definition) is 3. The van der Waals surface area contributed by atoms with E-state index in [-0.39, 0.29) is 5.69 Å². The number of rotatable bonds is 4. The van der Waals surface area contributed by atoms with E-state index in [1.807, 2.05) is 6.92 Å². The van der Waals surface area contributed by atoms with Crippen molar-refractivity contribution in [2.45, 2.75) is 13.5 Å². The Balaban J connectivity index is 2.36. The van der Waals surface area contributed by atoms with E-state index >= 15 is 0 Å². The van der Waals surface area contributed by atoms with Gasteiger partial charge >= 0.3 is 0 Å². The molecule has 0 aliphatic rings. The van der Waals surface area contributed by atoms with Crippen molar-refractivity contribution < 1.29 is 8.78 Å². The second-order valence-electron chi connectivity index (χ2n) is 3.53. The Labute approximate surface area is 97.3 Å². The van der Waals surface area contributed by atoms with Gasteiger partial charge < -0.3 is 5.32 Å². The summed E-state index contributed by atoms with van der Waals surface area (Å²) < 4.78 is 28.6. The molecule has 1 aromatic carbocycles. The molecule has 0 atom stereocenters. The molecule has 17 heavy (non-hydrogen) atoms. The number of halogens is 2. The third-order valence-electron chi connectivity index (χ3n) is 2.30. The Hall–Kier alpha value is -1.82. The minimum atomic E-state index is -0.650. The second-order valence-corrected chi connectivity index (χ2v) is 3.53. The van der Waals surface area contributed by atoms with Crippen LogP contribution in [0.25, 0.3) is 5.69 Å². The normalized spacial score (nSPS) is 10.8. The van der Waals surface area contributed by atoms with Gasteiger partial charge in [0.15, 0.2) is 11.6 Å². The number of nitrogens with zero attached hydrogens (tertiary/aromatic N) is 3. The average Bonchev–Trinajstić information content (AvgIpc) is 2.79. The number of hydrogen-bond donors (Lipinski definition) is 1. The SMILES string of the molecule is CCNCc1cc(F)c(-n2cncn2)c(F)c1. The Kier molecular flexibility index (Phi) is 3.43. The molecule has 0 aliphatic carbocycles. The third kappa shape index (κ3) is 2.47. The lowest BCUT2D eigenvalue weighted by molar-refractivity contribution is 0.554. The van der Waals surface area contributed by atoms with Gasteiger partial charge in [0.1, 0.15) is 18.3 Å². The summed E-state index contributed by atoms with van der Waals surface area (Å²) in [6.07, 6.45) is 2.48. The van der Waals surface area contributed by atoms with Crippen molar-refractivity contribution in [2.75, 3.05) is 6.54 Å². The van der Waals surface area contributed by atoms with E-state index in [1.165, 1.54) is 24.8 Å². The van der Waals surface area contributed by atoms with Crippen LogP contribution in [-0.2, 0) is 6.54 Å². The van der Waals surface area contributed by atoms with Gasteiger partial charge in [0.05, 0.1) is 0 Å². The number of nitrogens with one attached hydrogen (secondary N) is 1. The lowest BCUT2D eigenvalue weighted by Crippen LogP contribution is -2.13. The van der Waals surface area contributed by atoms with Crippen molar-refractivity contribution in [1.82, 2.24) is 20.1 Å². The van der Waals surface area contributed by atoms with E-state index in [2.05, 4.69) is 15.4 Å². The molecule has 0 saturated carbocycles. The van der Waals surface area contributed by atoms with E-state index in [4.69, 9.17) is 0 Å². The maximum absolute atomic E-state index is 13.7. The predicted octanol–water partition coefficient (Wildman–Crippen LogP) is 1.66. The highest BCUT2D eigenvalue weighted by atomic mass is 19.1. The predicted molar refractivity (Wildman–Crippen MR) is 58.7 cm³/mol. The lowest BCUT2D eigenvalue weighted by atomic mass is 10.2. The largest absolute Gasteiger partial charge is 0.313 e. The van der Waals surface area contributed by atoms with Crippen LogP contribution in [0.1, 0.15) is 12.5 Å². The van der Waals surface area contributed by atoms with Gasteiger partial charge in [0.2, 0.25) is 0 Å². The Morgan fingerprint density at radius 1 is 1.29 bits per heavy atom. The van der Waals surface area contributed by atoms with E-state index in [1.54, 1.807) is 0 Å². The zero-order chi connectivity index (χ0) is 12.3. The van der Waals surface area contributed by atoms with Gasteiger partial charge in [-0.3, -0.25) is 0 Å². The molecule has 1 heterocycles. The Morgan fingerprint density at radius 3 is 2.53 bits per heavy atom. The minimum Gasteiger partial charge on any atom is -0.313 e. The summed E-state index contributed by atoms with van der Waals surface area (Å²) in [5.74, 6) is -1.30. The van der Waals surface area contributed by atoms with Crippen LogP contribution >= 0.6 is 0 Å². The van der Waals surface area contributed by atoms with Crippen molar-refractivity contribution >= 4 is 0 Å².